The average Bonchev–Trinajstić information content (AvgIpc) is 2.77. The Morgan fingerprint density at radius 1 is 1.56 bits per heavy atom. The Bertz CT molecular complexity index is 684. The molecule has 0 fully saturated rings. The standard InChI is InChI=1S/C9H11N7O2/c1-2-5(10)3-16-9(18)15-4-12-6(7(11)17)8(15)13-14-16/h4,10H,2-3H2,1H3,(H2,11,17). The Morgan fingerprint density at radius 3 is 2.89 bits per heavy atom. The van der Waals surface area contributed by atoms with E-state index in [-0.39, 0.29) is 17.9 Å². The van der Waals surface area contributed by atoms with Crippen molar-refractivity contribution < 1.29 is 4.79 Å². The van der Waals surface area contributed by atoms with Gasteiger partial charge in [-0.25, -0.2) is 14.2 Å². The first-order chi connectivity index (χ1) is 8.54. The van der Waals surface area contributed by atoms with Gasteiger partial charge < -0.3 is 11.1 Å². The predicted octanol–water partition coefficient (Wildman–Crippen LogP) is -1.19. The lowest BCUT2D eigenvalue weighted by Gasteiger charge is -2.03. The molecule has 0 unspecified atom stereocenters. The molecular weight excluding hydrogens is 238 g/mol. The van der Waals surface area contributed by atoms with Crippen LogP contribution in [0.2, 0.25) is 0 Å². The van der Waals surface area contributed by atoms with Crippen molar-refractivity contribution in [2.24, 2.45) is 5.73 Å². The van der Waals surface area contributed by atoms with E-state index in [0.29, 0.717) is 12.1 Å². The van der Waals surface area contributed by atoms with Gasteiger partial charge in [-0.3, -0.25) is 4.79 Å². The molecule has 18 heavy (non-hydrogen) atoms. The van der Waals surface area contributed by atoms with Gasteiger partial charge in [-0.05, 0) is 6.42 Å². The van der Waals surface area contributed by atoms with Crippen molar-refractivity contribution in [2.75, 3.05) is 0 Å². The fraction of sp³-hybridized carbons (Fsp3) is 0.333. The average molecular weight is 249 g/mol. The molecule has 0 saturated carbocycles. The van der Waals surface area contributed by atoms with Gasteiger partial charge in [0.15, 0.2) is 11.3 Å². The number of fused-ring (bicyclic) bond motifs is 1. The minimum Gasteiger partial charge on any atom is -0.364 e. The lowest BCUT2D eigenvalue weighted by atomic mass is 10.3. The van der Waals surface area contributed by atoms with Crippen LogP contribution in [0.3, 0.4) is 0 Å². The summed E-state index contributed by atoms with van der Waals surface area (Å²) in [5, 5.41) is 14.9. The number of hydrogen-bond acceptors (Lipinski definition) is 6. The molecule has 2 rings (SSSR count). The molecule has 1 amide bonds. The minimum absolute atomic E-state index is 0.0202. The number of imidazole rings is 1. The molecule has 0 aromatic carbocycles. The van der Waals surface area contributed by atoms with E-state index in [0.717, 1.165) is 9.08 Å². The quantitative estimate of drug-likeness (QED) is 0.658. The van der Waals surface area contributed by atoms with Gasteiger partial charge in [0.2, 0.25) is 0 Å². The van der Waals surface area contributed by atoms with Crippen LogP contribution in [-0.2, 0) is 6.54 Å². The Balaban J connectivity index is 2.56. The number of rotatable bonds is 4. The maximum atomic E-state index is 12.0. The number of amides is 1. The zero-order valence-electron chi connectivity index (χ0n) is 9.62. The van der Waals surface area contributed by atoms with Gasteiger partial charge in [0.1, 0.15) is 6.33 Å². The highest BCUT2D eigenvalue weighted by Gasteiger charge is 2.15. The van der Waals surface area contributed by atoms with E-state index in [9.17, 15) is 9.59 Å². The molecule has 0 bridgehead atoms. The number of aromatic nitrogens is 5. The van der Waals surface area contributed by atoms with Gasteiger partial charge >= 0.3 is 5.69 Å². The zero-order valence-corrected chi connectivity index (χ0v) is 9.62. The highest BCUT2D eigenvalue weighted by molar-refractivity contribution is 5.96. The molecule has 3 N–H and O–H groups in total. The highest BCUT2D eigenvalue weighted by atomic mass is 16.2. The van der Waals surface area contributed by atoms with Crippen LogP contribution in [0.5, 0.6) is 0 Å². The molecule has 0 saturated heterocycles. The van der Waals surface area contributed by atoms with E-state index in [4.69, 9.17) is 11.1 Å². The molecule has 0 aliphatic heterocycles. The largest absolute Gasteiger partial charge is 0.364 e. The lowest BCUT2D eigenvalue weighted by Crippen LogP contribution is -2.32. The van der Waals surface area contributed by atoms with Crippen molar-refractivity contribution in [2.45, 2.75) is 19.9 Å². The Morgan fingerprint density at radius 2 is 2.28 bits per heavy atom. The van der Waals surface area contributed by atoms with Gasteiger partial charge in [-0.2, -0.15) is 4.68 Å². The van der Waals surface area contributed by atoms with Crippen molar-refractivity contribution in [3.8, 4) is 0 Å². The number of primary amides is 1. The topological polar surface area (TPSA) is 132 Å². The van der Waals surface area contributed by atoms with Crippen LogP contribution in [0.25, 0.3) is 5.65 Å². The number of nitrogens with one attached hydrogen (secondary N) is 1. The summed E-state index contributed by atoms with van der Waals surface area (Å²) >= 11 is 0. The second-order valence-electron chi connectivity index (χ2n) is 3.64. The molecule has 9 heteroatoms. The molecular formula is C9H11N7O2. The summed E-state index contributed by atoms with van der Waals surface area (Å²) in [4.78, 5) is 26.7. The van der Waals surface area contributed by atoms with Crippen molar-refractivity contribution in [1.29, 1.82) is 5.41 Å². The molecule has 2 aromatic heterocycles. The lowest BCUT2D eigenvalue weighted by molar-refractivity contribution is 0.0997. The zero-order chi connectivity index (χ0) is 13.3. The number of carbonyl (C=O) groups is 1. The molecule has 9 nitrogen and oxygen atoms in total. The minimum atomic E-state index is -0.773. The Kier molecular flexibility index (Phi) is 2.88. The summed E-state index contributed by atoms with van der Waals surface area (Å²) in [7, 11) is 0. The van der Waals surface area contributed by atoms with Crippen LogP contribution < -0.4 is 11.4 Å². The van der Waals surface area contributed by atoms with Gasteiger partial charge in [0.25, 0.3) is 5.91 Å². The van der Waals surface area contributed by atoms with Gasteiger partial charge in [0, 0.05) is 5.71 Å². The van der Waals surface area contributed by atoms with Crippen molar-refractivity contribution in [1.82, 2.24) is 24.4 Å². The first-order valence-corrected chi connectivity index (χ1v) is 5.21. The monoisotopic (exact) mass is 249 g/mol. The fourth-order valence-electron chi connectivity index (χ4n) is 1.40. The molecule has 0 atom stereocenters. The van der Waals surface area contributed by atoms with Gasteiger partial charge in [-0.15, -0.1) is 5.10 Å². The maximum absolute atomic E-state index is 12.0. The van der Waals surface area contributed by atoms with Crippen LogP contribution in [0.15, 0.2) is 11.1 Å². The second kappa shape index (κ2) is 4.35. The fourth-order valence-corrected chi connectivity index (χ4v) is 1.40. The van der Waals surface area contributed by atoms with E-state index in [1.807, 2.05) is 6.92 Å². The Labute approximate surface area is 101 Å². The van der Waals surface area contributed by atoms with Crippen molar-refractivity contribution >= 4 is 17.3 Å². The number of hydrogen-bond donors (Lipinski definition) is 2. The van der Waals surface area contributed by atoms with Crippen LogP contribution in [0.1, 0.15) is 23.8 Å². The third kappa shape index (κ3) is 1.85. The third-order valence-corrected chi connectivity index (χ3v) is 2.42. The van der Waals surface area contributed by atoms with Gasteiger partial charge in [-0.1, -0.05) is 12.1 Å². The van der Waals surface area contributed by atoms with E-state index < -0.39 is 11.6 Å². The Hall–Kier alpha value is -2.58. The number of carbonyl (C=O) groups excluding carboxylic acids is 1. The predicted molar refractivity (Wildman–Crippen MR) is 61.6 cm³/mol. The molecule has 2 heterocycles. The highest BCUT2D eigenvalue weighted by Crippen LogP contribution is 2.00. The molecule has 94 valence electrons. The number of nitrogens with two attached hydrogens (primary N) is 1. The second-order valence-corrected chi connectivity index (χ2v) is 3.64. The van der Waals surface area contributed by atoms with Crippen LogP contribution in [0.4, 0.5) is 0 Å². The molecule has 0 aliphatic rings. The van der Waals surface area contributed by atoms with Crippen LogP contribution >= 0.6 is 0 Å². The van der Waals surface area contributed by atoms with Crippen molar-refractivity contribution in [3.63, 3.8) is 0 Å². The normalized spacial score (nSPS) is 10.7. The smallest absolute Gasteiger partial charge is 0.353 e. The summed E-state index contributed by atoms with van der Waals surface area (Å²) in [6.07, 6.45) is 1.68. The summed E-state index contributed by atoms with van der Waals surface area (Å²) in [5.74, 6) is -0.773. The van der Waals surface area contributed by atoms with Crippen LogP contribution in [-0.4, -0.2) is 36.0 Å². The first-order valence-electron chi connectivity index (χ1n) is 5.21. The summed E-state index contributed by atoms with van der Waals surface area (Å²) in [6.45, 7) is 1.87. The van der Waals surface area contributed by atoms with E-state index in [1.54, 1.807) is 0 Å². The number of nitrogens with zero attached hydrogens (tertiary/aromatic N) is 5. The van der Waals surface area contributed by atoms with Gasteiger partial charge in [0.05, 0.1) is 6.54 Å². The summed E-state index contributed by atoms with van der Waals surface area (Å²) < 4.78 is 2.11. The van der Waals surface area contributed by atoms with E-state index >= 15 is 0 Å². The molecule has 0 radical (unpaired) electrons. The molecule has 2 aromatic rings. The maximum Gasteiger partial charge on any atom is 0.353 e. The van der Waals surface area contributed by atoms with E-state index in [2.05, 4.69) is 15.3 Å². The first kappa shape index (κ1) is 11.9. The van der Waals surface area contributed by atoms with Crippen molar-refractivity contribution in [3.05, 3.63) is 22.5 Å². The van der Waals surface area contributed by atoms with Crippen LogP contribution in [0, 0.1) is 5.41 Å². The summed E-state index contributed by atoms with van der Waals surface area (Å²) in [5.41, 5.74) is 4.84. The third-order valence-electron chi connectivity index (χ3n) is 2.42. The van der Waals surface area contributed by atoms with E-state index in [1.165, 1.54) is 6.33 Å². The molecule has 0 spiro atoms. The summed E-state index contributed by atoms with van der Waals surface area (Å²) in [6, 6.07) is 0. The molecule has 0 aliphatic carbocycles. The SMILES string of the molecule is CCC(=N)Cn1nnc2c(C(N)=O)ncn2c1=O.